The van der Waals surface area contributed by atoms with Gasteiger partial charge in [0, 0.05) is 30.6 Å². The second-order valence-corrected chi connectivity index (χ2v) is 8.99. The summed E-state index contributed by atoms with van der Waals surface area (Å²) >= 11 is 6.36. The summed E-state index contributed by atoms with van der Waals surface area (Å²) in [5.41, 5.74) is 2.64. The lowest BCUT2D eigenvalue weighted by atomic mass is 9.90. The number of halogens is 2. The molecule has 5 nitrogen and oxygen atoms in total. The van der Waals surface area contributed by atoms with Crippen molar-refractivity contribution in [1.29, 1.82) is 0 Å². The van der Waals surface area contributed by atoms with E-state index in [1.54, 1.807) is 24.0 Å². The molecule has 1 saturated heterocycles. The number of nitrogens with zero attached hydrogens (tertiary/aromatic N) is 2. The highest BCUT2D eigenvalue weighted by Crippen LogP contribution is 2.34. The Bertz CT molecular complexity index is 973. The summed E-state index contributed by atoms with van der Waals surface area (Å²) in [5.74, 6) is -0.549. The van der Waals surface area contributed by atoms with E-state index in [1.165, 1.54) is 11.6 Å². The third-order valence-corrected chi connectivity index (χ3v) is 6.93. The molecule has 7 heteroatoms. The Labute approximate surface area is 193 Å². The Morgan fingerprint density at radius 2 is 1.88 bits per heavy atom. The number of fused-ring (bicyclic) bond motifs is 1. The van der Waals surface area contributed by atoms with Crippen molar-refractivity contribution in [3.63, 3.8) is 0 Å². The van der Waals surface area contributed by atoms with Gasteiger partial charge in [-0.05, 0) is 55.6 Å². The molecule has 2 atom stereocenters. The minimum atomic E-state index is -0.354. The van der Waals surface area contributed by atoms with E-state index in [9.17, 15) is 14.0 Å². The molecule has 0 spiro atoms. The molecule has 1 N–H and O–H groups in total. The van der Waals surface area contributed by atoms with E-state index in [2.05, 4.69) is 16.3 Å². The van der Waals surface area contributed by atoms with Crippen molar-refractivity contribution in [3.05, 3.63) is 70.0 Å². The van der Waals surface area contributed by atoms with Gasteiger partial charge in [-0.1, -0.05) is 41.9 Å². The molecule has 2 heterocycles. The number of hydrogen-bond acceptors (Lipinski definition) is 3. The molecule has 2 unspecified atom stereocenters. The van der Waals surface area contributed by atoms with E-state index >= 15 is 0 Å². The van der Waals surface area contributed by atoms with Crippen LogP contribution in [0.2, 0.25) is 5.02 Å². The summed E-state index contributed by atoms with van der Waals surface area (Å²) in [6, 6.07) is 12.1. The molecule has 2 amide bonds. The average molecular weight is 458 g/mol. The predicted molar refractivity (Wildman–Crippen MR) is 123 cm³/mol. The second kappa shape index (κ2) is 10.0. The molecule has 1 fully saturated rings. The molecule has 2 aromatic carbocycles. The average Bonchev–Trinajstić information content (AvgIpc) is 3.30. The Morgan fingerprint density at radius 1 is 1.12 bits per heavy atom. The van der Waals surface area contributed by atoms with Gasteiger partial charge in [0.2, 0.25) is 11.8 Å². The van der Waals surface area contributed by atoms with E-state index < -0.39 is 0 Å². The zero-order chi connectivity index (χ0) is 22.7. The summed E-state index contributed by atoms with van der Waals surface area (Å²) in [4.78, 5) is 29.2. The first-order valence-electron chi connectivity index (χ1n) is 11.3. The molecule has 4 rings (SSSR count). The van der Waals surface area contributed by atoms with Gasteiger partial charge in [-0.25, -0.2) is 4.39 Å². The van der Waals surface area contributed by atoms with Gasteiger partial charge in [0.05, 0.1) is 18.5 Å². The molecule has 2 aliphatic heterocycles. The zero-order valence-corrected chi connectivity index (χ0v) is 19.1. The molecule has 0 aromatic heterocycles. The van der Waals surface area contributed by atoms with Gasteiger partial charge in [-0.2, -0.15) is 0 Å². The molecule has 170 valence electrons. The lowest BCUT2D eigenvalue weighted by molar-refractivity contribution is -0.133. The molecular formula is C25H29ClFN3O2. The minimum Gasteiger partial charge on any atom is -0.354 e. The number of benzene rings is 2. The Hall–Kier alpha value is -2.44. The van der Waals surface area contributed by atoms with Crippen molar-refractivity contribution < 1.29 is 14.0 Å². The first-order chi connectivity index (χ1) is 15.5. The monoisotopic (exact) mass is 457 g/mol. The van der Waals surface area contributed by atoms with Crippen molar-refractivity contribution in [2.75, 3.05) is 26.2 Å². The van der Waals surface area contributed by atoms with Crippen LogP contribution in [0.25, 0.3) is 0 Å². The maximum Gasteiger partial charge on any atom is 0.222 e. The van der Waals surface area contributed by atoms with Gasteiger partial charge >= 0.3 is 0 Å². The van der Waals surface area contributed by atoms with Crippen LogP contribution in [0.15, 0.2) is 42.5 Å². The second-order valence-electron chi connectivity index (χ2n) is 8.58. The topological polar surface area (TPSA) is 52.7 Å². The van der Waals surface area contributed by atoms with Gasteiger partial charge in [0.25, 0.3) is 0 Å². The Morgan fingerprint density at radius 3 is 2.59 bits per heavy atom. The smallest absolute Gasteiger partial charge is 0.222 e. The fourth-order valence-electron chi connectivity index (χ4n) is 5.00. The predicted octanol–water partition coefficient (Wildman–Crippen LogP) is 4.27. The Kier molecular flexibility index (Phi) is 7.11. The molecular weight excluding hydrogens is 429 g/mol. The summed E-state index contributed by atoms with van der Waals surface area (Å²) in [6.07, 6.45) is 3.05. The van der Waals surface area contributed by atoms with Gasteiger partial charge < -0.3 is 10.2 Å². The number of carbonyl (C=O) groups excluding carboxylic acids is 2. The van der Waals surface area contributed by atoms with Crippen molar-refractivity contribution in [3.8, 4) is 0 Å². The van der Waals surface area contributed by atoms with Gasteiger partial charge in [-0.3, -0.25) is 14.5 Å². The fourth-order valence-corrected chi connectivity index (χ4v) is 5.29. The van der Waals surface area contributed by atoms with Crippen LogP contribution < -0.4 is 5.32 Å². The number of likely N-dealkylation sites (tertiary alicyclic amines) is 1. The highest BCUT2D eigenvalue weighted by molar-refractivity contribution is 6.31. The number of carbonyl (C=O) groups is 2. The first-order valence-corrected chi connectivity index (χ1v) is 11.6. The number of nitrogens with one attached hydrogen (secondary N) is 1. The maximum absolute atomic E-state index is 14.7. The highest BCUT2D eigenvalue weighted by atomic mass is 35.5. The SMILES string of the molecule is CC(=O)N1CCc2ccccc2C1CC(=O)NCC(c1c(F)cccc1Cl)N1CCCC1. The van der Waals surface area contributed by atoms with E-state index in [-0.39, 0.29) is 42.7 Å². The largest absolute Gasteiger partial charge is 0.354 e. The number of amides is 2. The van der Waals surface area contributed by atoms with E-state index in [1.807, 2.05) is 18.2 Å². The molecule has 2 aliphatic rings. The summed E-state index contributed by atoms with van der Waals surface area (Å²) in [6.45, 7) is 4.11. The molecule has 0 aliphatic carbocycles. The van der Waals surface area contributed by atoms with E-state index in [4.69, 9.17) is 11.6 Å². The quantitative estimate of drug-likeness (QED) is 0.704. The van der Waals surface area contributed by atoms with Gasteiger partial charge in [-0.15, -0.1) is 0 Å². The molecule has 2 aromatic rings. The number of rotatable bonds is 6. The first kappa shape index (κ1) is 22.7. The van der Waals surface area contributed by atoms with Crippen molar-refractivity contribution in [2.24, 2.45) is 0 Å². The highest BCUT2D eigenvalue weighted by Gasteiger charge is 2.32. The summed E-state index contributed by atoms with van der Waals surface area (Å²) in [5, 5.41) is 3.38. The standard InChI is InChI=1S/C25H29ClFN3O2/c1-17(31)30-14-11-18-7-2-3-8-19(18)22(30)15-24(32)28-16-23(29-12-4-5-13-29)25-20(26)9-6-10-21(25)27/h2-3,6-10,22-23H,4-5,11-16H2,1H3,(H,28,32). The number of hydrogen-bond donors (Lipinski definition) is 1. The summed E-state index contributed by atoms with van der Waals surface area (Å²) in [7, 11) is 0. The molecule has 0 bridgehead atoms. The van der Waals surface area contributed by atoms with E-state index in [0.717, 1.165) is 37.9 Å². The molecule has 32 heavy (non-hydrogen) atoms. The Balaban J connectivity index is 1.50. The molecule has 0 saturated carbocycles. The minimum absolute atomic E-state index is 0.0367. The lowest BCUT2D eigenvalue weighted by Crippen LogP contribution is -2.42. The lowest BCUT2D eigenvalue weighted by Gasteiger charge is -2.36. The van der Waals surface area contributed by atoms with Crippen LogP contribution >= 0.6 is 11.6 Å². The van der Waals surface area contributed by atoms with Crippen LogP contribution in [0.4, 0.5) is 4.39 Å². The van der Waals surface area contributed by atoms with Crippen molar-refractivity contribution in [1.82, 2.24) is 15.1 Å². The van der Waals surface area contributed by atoms with Gasteiger partial charge in [0.1, 0.15) is 5.82 Å². The van der Waals surface area contributed by atoms with Crippen LogP contribution in [0.1, 0.15) is 55.0 Å². The van der Waals surface area contributed by atoms with Crippen LogP contribution in [0.5, 0.6) is 0 Å². The zero-order valence-electron chi connectivity index (χ0n) is 18.3. The van der Waals surface area contributed by atoms with Crippen LogP contribution in [-0.4, -0.2) is 47.8 Å². The van der Waals surface area contributed by atoms with E-state index in [0.29, 0.717) is 17.1 Å². The van der Waals surface area contributed by atoms with Crippen molar-refractivity contribution in [2.45, 2.75) is 44.7 Å². The normalized spacial score (nSPS) is 19.5. The van der Waals surface area contributed by atoms with Crippen LogP contribution in [0.3, 0.4) is 0 Å². The maximum atomic E-state index is 14.7. The third kappa shape index (κ3) is 4.81. The fraction of sp³-hybridized carbons (Fsp3) is 0.440. The summed E-state index contributed by atoms with van der Waals surface area (Å²) < 4.78 is 14.7. The third-order valence-electron chi connectivity index (χ3n) is 6.60. The van der Waals surface area contributed by atoms with Crippen LogP contribution in [0, 0.1) is 5.82 Å². The molecule has 0 radical (unpaired) electrons. The van der Waals surface area contributed by atoms with Gasteiger partial charge in [0.15, 0.2) is 0 Å². The van der Waals surface area contributed by atoms with Crippen LogP contribution in [-0.2, 0) is 16.0 Å². The van der Waals surface area contributed by atoms with Crippen molar-refractivity contribution >= 4 is 23.4 Å².